The number of nitrogens with zero attached hydrogens (tertiary/aromatic N) is 1. The van der Waals surface area contributed by atoms with Gasteiger partial charge in [0.15, 0.2) is 0 Å². The monoisotopic (exact) mass is 271 g/mol. The molecular weight excluding hydrogens is 250 g/mol. The van der Waals surface area contributed by atoms with Gasteiger partial charge in [-0.05, 0) is 30.5 Å². The summed E-state index contributed by atoms with van der Waals surface area (Å²) in [7, 11) is -3.48. The molecule has 0 radical (unpaired) electrons. The molecule has 102 valence electrons. The average molecular weight is 271 g/mol. The van der Waals surface area contributed by atoms with E-state index in [9.17, 15) is 8.42 Å². The van der Waals surface area contributed by atoms with Crippen LogP contribution in [0.3, 0.4) is 0 Å². The Labute approximate surface area is 109 Å². The zero-order valence-corrected chi connectivity index (χ0v) is 11.8. The molecule has 0 heterocycles. The first-order chi connectivity index (χ1) is 8.56. The molecule has 5 heteroatoms. The number of hydrogen-bond donors (Lipinski definition) is 1. The fourth-order valence-electron chi connectivity index (χ4n) is 1.76. The largest absolute Gasteiger partial charge is 0.395 e. The predicted octanol–water partition coefficient (Wildman–Crippen LogP) is 1.64. The molecule has 0 bridgehead atoms. The van der Waals surface area contributed by atoms with E-state index in [-0.39, 0.29) is 13.2 Å². The van der Waals surface area contributed by atoms with Gasteiger partial charge in [0.05, 0.1) is 11.5 Å². The molecule has 0 spiro atoms. The first-order valence-electron chi connectivity index (χ1n) is 6.26. The lowest BCUT2D eigenvalue weighted by molar-refractivity contribution is 0.253. The molecule has 1 aromatic carbocycles. The van der Waals surface area contributed by atoms with Crippen LogP contribution in [0.5, 0.6) is 0 Å². The van der Waals surface area contributed by atoms with E-state index in [0.29, 0.717) is 11.4 Å². The number of aliphatic hydroxyl groups excluding tert-OH is 1. The minimum atomic E-state index is -3.48. The summed E-state index contributed by atoms with van der Waals surface area (Å²) in [5, 5.41) is 8.95. The first kappa shape index (κ1) is 15.1. The van der Waals surface area contributed by atoms with Gasteiger partial charge in [0.2, 0.25) is 10.0 Å². The molecule has 0 fully saturated rings. The topological polar surface area (TPSA) is 57.6 Å². The Balaban J connectivity index is 3.01. The van der Waals surface area contributed by atoms with Crippen LogP contribution in [0.25, 0.3) is 0 Å². The Morgan fingerprint density at radius 3 is 2.17 bits per heavy atom. The van der Waals surface area contributed by atoms with Crippen LogP contribution in [0, 0.1) is 0 Å². The minimum Gasteiger partial charge on any atom is -0.395 e. The Kier molecular flexibility index (Phi) is 5.78. The highest BCUT2D eigenvalue weighted by molar-refractivity contribution is 7.89. The first-order valence-corrected chi connectivity index (χ1v) is 7.70. The number of rotatable bonds is 7. The van der Waals surface area contributed by atoms with Crippen molar-refractivity contribution in [2.24, 2.45) is 0 Å². The van der Waals surface area contributed by atoms with E-state index in [4.69, 9.17) is 5.11 Å². The van der Waals surface area contributed by atoms with E-state index in [0.717, 1.165) is 18.4 Å². The molecule has 0 aromatic heterocycles. The van der Waals surface area contributed by atoms with Crippen LogP contribution in [0.1, 0.15) is 25.8 Å². The lowest BCUT2D eigenvalue weighted by atomic mass is 10.2. The van der Waals surface area contributed by atoms with Crippen LogP contribution < -0.4 is 0 Å². The number of aryl methyl sites for hydroxylation is 1. The molecule has 4 nitrogen and oxygen atoms in total. The fraction of sp³-hybridized carbons (Fsp3) is 0.538. The number of benzene rings is 1. The zero-order chi connectivity index (χ0) is 13.6. The van der Waals surface area contributed by atoms with E-state index in [1.54, 1.807) is 12.1 Å². The standard InChI is InChI=1S/C13H21NO3S/c1-3-9-14(10-11-15)18(16,17)13-7-5-12(4-2)6-8-13/h5-8,15H,3-4,9-11H2,1-2H3. The molecular formula is C13H21NO3S. The second-order valence-electron chi connectivity index (χ2n) is 4.13. The third kappa shape index (κ3) is 3.54. The van der Waals surface area contributed by atoms with E-state index >= 15 is 0 Å². The minimum absolute atomic E-state index is 0.145. The summed E-state index contributed by atoms with van der Waals surface area (Å²) in [6.45, 7) is 4.36. The molecule has 0 saturated heterocycles. The van der Waals surface area contributed by atoms with Crippen molar-refractivity contribution in [3.8, 4) is 0 Å². The van der Waals surface area contributed by atoms with Gasteiger partial charge in [0.1, 0.15) is 0 Å². The van der Waals surface area contributed by atoms with Crippen LogP contribution in [0.4, 0.5) is 0 Å². The highest BCUT2D eigenvalue weighted by atomic mass is 32.2. The normalized spacial score (nSPS) is 12.0. The maximum Gasteiger partial charge on any atom is 0.243 e. The van der Waals surface area contributed by atoms with Gasteiger partial charge in [-0.1, -0.05) is 26.0 Å². The lowest BCUT2D eigenvalue weighted by Gasteiger charge is -2.20. The van der Waals surface area contributed by atoms with E-state index in [1.807, 2.05) is 26.0 Å². The quantitative estimate of drug-likeness (QED) is 0.820. The van der Waals surface area contributed by atoms with Gasteiger partial charge in [-0.25, -0.2) is 8.42 Å². The smallest absolute Gasteiger partial charge is 0.243 e. The molecule has 0 aliphatic heterocycles. The van der Waals surface area contributed by atoms with Gasteiger partial charge >= 0.3 is 0 Å². The summed E-state index contributed by atoms with van der Waals surface area (Å²) in [5.74, 6) is 0. The van der Waals surface area contributed by atoms with Crippen molar-refractivity contribution in [3.63, 3.8) is 0 Å². The third-order valence-electron chi connectivity index (χ3n) is 2.79. The van der Waals surface area contributed by atoms with Crippen molar-refractivity contribution in [1.29, 1.82) is 0 Å². The summed E-state index contributed by atoms with van der Waals surface area (Å²) in [4.78, 5) is 0.293. The molecule has 0 aliphatic carbocycles. The van der Waals surface area contributed by atoms with Gasteiger partial charge in [-0.3, -0.25) is 0 Å². The van der Waals surface area contributed by atoms with E-state index in [1.165, 1.54) is 4.31 Å². The van der Waals surface area contributed by atoms with Crippen molar-refractivity contribution >= 4 is 10.0 Å². The molecule has 0 amide bonds. The maximum absolute atomic E-state index is 12.3. The van der Waals surface area contributed by atoms with Crippen LogP contribution in [0.2, 0.25) is 0 Å². The highest BCUT2D eigenvalue weighted by Crippen LogP contribution is 2.16. The molecule has 0 atom stereocenters. The van der Waals surface area contributed by atoms with Crippen LogP contribution in [-0.2, 0) is 16.4 Å². The molecule has 0 unspecified atom stereocenters. The van der Waals surface area contributed by atoms with Gasteiger partial charge in [-0.15, -0.1) is 0 Å². The van der Waals surface area contributed by atoms with Gasteiger partial charge < -0.3 is 5.11 Å². The molecule has 1 aromatic rings. The third-order valence-corrected chi connectivity index (χ3v) is 4.70. The van der Waals surface area contributed by atoms with Gasteiger partial charge in [0, 0.05) is 13.1 Å². The second-order valence-corrected chi connectivity index (χ2v) is 6.06. The molecule has 0 aliphatic rings. The van der Waals surface area contributed by atoms with Gasteiger partial charge in [0.25, 0.3) is 0 Å². The summed E-state index contributed by atoms with van der Waals surface area (Å²) < 4.78 is 26.0. The number of hydrogen-bond acceptors (Lipinski definition) is 3. The van der Waals surface area contributed by atoms with Crippen molar-refractivity contribution < 1.29 is 13.5 Å². The van der Waals surface area contributed by atoms with Crippen molar-refractivity contribution in [1.82, 2.24) is 4.31 Å². The Hall–Kier alpha value is -0.910. The highest BCUT2D eigenvalue weighted by Gasteiger charge is 2.22. The SMILES string of the molecule is CCCN(CCO)S(=O)(=O)c1ccc(CC)cc1. The predicted molar refractivity (Wildman–Crippen MR) is 72.0 cm³/mol. The van der Waals surface area contributed by atoms with Crippen LogP contribution in [0.15, 0.2) is 29.2 Å². The molecule has 1 rings (SSSR count). The molecule has 0 saturated carbocycles. The maximum atomic E-state index is 12.3. The van der Waals surface area contributed by atoms with Crippen molar-refractivity contribution in [2.45, 2.75) is 31.6 Å². The summed E-state index contributed by atoms with van der Waals surface area (Å²) in [6.07, 6.45) is 1.61. The Morgan fingerprint density at radius 1 is 1.11 bits per heavy atom. The average Bonchev–Trinajstić information content (AvgIpc) is 2.38. The lowest BCUT2D eigenvalue weighted by Crippen LogP contribution is -2.34. The summed E-state index contributed by atoms with van der Waals surface area (Å²) in [5.41, 5.74) is 1.11. The van der Waals surface area contributed by atoms with Crippen molar-refractivity contribution in [2.75, 3.05) is 19.7 Å². The second kappa shape index (κ2) is 6.87. The van der Waals surface area contributed by atoms with E-state index in [2.05, 4.69) is 0 Å². The Morgan fingerprint density at radius 2 is 1.72 bits per heavy atom. The fourth-order valence-corrected chi connectivity index (χ4v) is 3.28. The summed E-state index contributed by atoms with van der Waals surface area (Å²) >= 11 is 0. The van der Waals surface area contributed by atoms with Crippen LogP contribution in [-0.4, -0.2) is 37.5 Å². The van der Waals surface area contributed by atoms with Crippen LogP contribution >= 0.6 is 0 Å². The summed E-state index contributed by atoms with van der Waals surface area (Å²) in [6, 6.07) is 6.92. The molecule has 1 N–H and O–H groups in total. The molecule has 18 heavy (non-hydrogen) atoms. The number of aliphatic hydroxyl groups is 1. The zero-order valence-electron chi connectivity index (χ0n) is 11.0. The Bertz CT molecular complexity index is 448. The van der Waals surface area contributed by atoms with Crippen molar-refractivity contribution in [3.05, 3.63) is 29.8 Å². The van der Waals surface area contributed by atoms with Gasteiger partial charge in [-0.2, -0.15) is 4.31 Å². The number of sulfonamides is 1. The van der Waals surface area contributed by atoms with E-state index < -0.39 is 10.0 Å².